The first kappa shape index (κ1) is 16.2. The third kappa shape index (κ3) is 3.92. The van der Waals surface area contributed by atoms with Crippen LogP contribution in [0.3, 0.4) is 0 Å². The first-order valence-corrected chi connectivity index (χ1v) is 8.96. The van der Waals surface area contributed by atoms with Crippen LogP contribution in [0.25, 0.3) is 0 Å². The van der Waals surface area contributed by atoms with E-state index in [0.29, 0.717) is 17.8 Å². The zero-order valence-electron chi connectivity index (χ0n) is 12.5. The van der Waals surface area contributed by atoms with Gasteiger partial charge in [0, 0.05) is 23.4 Å². The van der Waals surface area contributed by atoms with Crippen LogP contribution in [0.1, 0.15) is 63.6 Å². The van der Waals surface area contributed by atoms with E-state index < -0.39 is 0 Å². The van der Waals surface area contributed by atoms with Crippen molar-refractivity contribution in [2.45, 2.75) is 64.3 Å². The number of halogens is 2. The maximum Gasteiger partial charge on any atom is 0.0631 e. The molecule has 0 N–H and O–H groups in total. The lowest BCUT2D eigenvalue weighted by molar-refractivity contribution is 0.316. The highest BCUT2D eigenvalue weighted by molar-refractivity contribution is 6.21. The number of alkyl halides is 2. The van der Waals surface area contributed by atoms with E-state index in [1.807, 2.05) is 0 Å². The van der Waals surface area contributed by atoms with Gasteiger partial charge in [-0.15, -0.1) is 23.2 Å². The largest absolute Gasteiger partial charge is 0.269 e. The fraction of sp³-hybridized carbons (Fsp3) is 0.812. The van der Waals surface area contributed by atoms with Gasteiger partial charge in [0.25, 0.3) is 0 Å². The average Bonchev–Trinajstić information content (AvgIpc) is 2.96. The van der Waals surface area contributed by atoms with Gasteiger partial charge in [-0.3, -0.25) is 4.68 Å². The van der Waals surface area contributed by atoms with Gasteiger partial charge in [0.2, 0.25) is 0 Å². The Balaban J connectivity index is 2.03. The first-order chi connectivity index (χ1) is 9.73. The van der Waals surface area contributed by atoms with Crippen LogP contribution in [-0.4, -0.2) is 21.5 Å². The molecule has 20 heavy (non-hydrogen) atoms. The Morgan fingerprint density at radius 1 is 1.25 bits per heavy atom. The fourth-order valence-electron chi connectivity index (χ4n) is 3.29. The van der Waals surface area contributed by atoms with E-state index in [4.69, 9.17) is 28.3 Å². The van der Waals surface area contributed by atoms with Gasteiger partial charge in [0.15, 0.2) is 0 Å². The lowest BCUT2D eigenvalue weighted by Crippen LogP contribution is -2.28. The molecular formula is C16H26Cl2N2. The van der Waals surface area contributed by atoms with Crippen LogP contribution < -0.4 is 0 Å². The van der Waals surface area contributed by atoms with Crippen molar-refractivity contribution < 1.29 is 0 Å². The molecule has 0 amide bonds. The predicted octanol–water partition coefficient (Wildman–Crippen LogP) is 5.19. The van der Waals surface area contributed by atoms with Crippen molar-refractivity contribution in [3.05, 3.63) is 18.0 Å². The minimum Gasteiger partial charge on any atom is -0.269 e. The maximum absolute atomic E-state index is 6.19. The highest BCUT2D eigenvalue weighted by atomic mass is 35.5. The Morgan fingerprint density at radius 2 is 1.95 bits per heavy atom. The standard InChI is InChI=1S/C16H26Cl2N2/c1-2-9-16(12-17,13-18)11-14-8-10-20(19-14)15-6-4-3-5-7-15/h8,10,15H,2-7,9,11-13H2,1H3. The topological polar surface area (TPSA) is 17.8 Å². The van der Waals surface area contributed by atoms with Crippen molar-refractivity contribution in [3.63, 3.8) is 0 Å². The molecule has 0 atom stereocenters. The van der Waals surface area contributed by atoms with Crippen LogP contribution in [-0.2, 0) is 6.42 Å². The number of rotatable bonds is 7. The van der Waals surface area contributed by atoms with E-state index in [2.05, 4.69) is 23.9 Å². The summed E-state index contributed by atoms with van der Waals surface area (Å²) < 4.78 is 2.17. The Kier molecular flexibility index (Phi) is 6.22. The molecule has 1 heterocycles. The quantitative estimate of drug-likeness (QED) is 0.632. The molecule has 1 aliphatic carbocycles. The van der Waals surface area contributed by atoms with Crippen LogP contribution >= 0.6 is 23.2 Å². The molecule has 114 valence electrons. The van der Waals surface area contributed by atoms with Crippen molar-refractivity contribution >= 4 is 23.2 Å². The SMILES string of the molecule is CCCC(CCl)(CCl)Cc1ccn(C2CCCCC2)n1. The van der Waals surface area contributed by atoms with Gasteiger partial charge in [-0.25, -0.2) is 0 Å². The number of hydrogen-bond donors (Lipinski definition) is 0. The summed E-state index contributed by atoms with van der Waals surface area (Å²) in [6.07, 6.45) is 11.8. The van der Waals surface area contributed by atoms with Crippen molar-refractivity contribution in [3.8, 4) is 0 Å². The van der Waals surface area contributed by atoms with Crippen LogP contribution in [0.5, 0.6) is 0 Å². The predicted molar refractivity (Wildman–Crippen MR) is 86.8 cm³/mol. The summed E-state index contributed by atoms with van der Waals surface area (Å²) in [4.78, 5) is 0. The zero-order valence-corrected chi connectivity index (χ0v) is 14.0. The number of nitrogens with zero attached hydrogens (tertiary/aromatic N) is 2. The van der Waals surface area contributed by atoms with Crippen LogP contribution in [0.15, 0.2) is 12.3 Å². The summed E-state index contributed by atoms with van der Waals surface area (Å²) in [5, 5.41) is 4.80. The molecule has 0 spiro atoms. The van der Waals surface area contributed by atoms with Gasteiger partial charge in [-0.1, -0.05) is 32.6 Å². The number of hydrogen-bond acceptors (Lipinski definition) is 1. The molecule has 2 nitrogen and oxygen atoms in total. The summed E-state index contributed by atoms with van der Waals surface area (Å²) in [6.45, 7) is 2.19. The van der Waals surface area contributed by atoms with Gasteiger partial charge in [-0.05, 0) is 31.7 Å². The maximum atomic E-state index is 6.19. The Hall–Kier alpha value is -0.210. The first-order valence-electron chi connectivity index (χ1n) is 7.89. The van der Waals surface area contributed by atoms with E-state index in [-0.39, 0.29) is 5.41 Å². The molecule has 1 aromatic rings. The molecule has 2 rings (SSSR count). The summed E-state index contributed by atoms with van der Waals surface area (Å²) in [6, 6.07) is 2.75. The summed E-state index contributed by atoms with van der Waals surface area (Å²) >= 11 is 12.4. The van der Waals surface area contributed by atoms with E-state index in [1.165, 1.54) is 32.1 Å². The van der Waals surface area contributed by atoms with Gasteiger partial charge in [-0.2, -0.15) is 5.10 Å². The van der Waals surface area contributed by atoms with Gasteiger partial charge in [0.05, 0.1) is 11.7 Å². The summed E-state index contributed by atoms with van der Waals surface area (Å²) in [5.74, 6) is 1.22. The highest BCUT2D eigenvalue weighted by Gasteiger charge is 2.29. The van der Waals surface area contributed by atoms with E-state index >= 15 is 0 Å². The third-order valence-electron chi connectivity index (χ3n) is 4.52. The minimum absolute atomic E-state index is 0.00358. The molecular weight excluding hydrogens is 291 g/mol. The molecule has 1 fully saturated rings. The lowest BCUT2D eigenvalue weighted by Gasteiger charge is -2.28. The van der Waals surface area contributed by atoms with Crippen LogP contribution in [0, 0.1) is 5.41 Å². The van der Waals surface area contributed by atoms with E-state index in [9.17, 15) is 0 Å². The van der Waals surface area contributed by atoms with Gasteiger partial charge >= 0.3 is 0 Å². The molecule has 0 unspecified atom stereocenters. The molecule has 1 saturated carbocycles. The van der Waals surface area contributed by atoms with Crippen molar-refractivity contribution in [2.24, 2.45) is 5.41 Å². The van der Waals surface area contributed by atoms with Gasteiger partial charge in [0.1, 0.15) is 0 Å². The lowest BCUT2D eigenvalue weighted by atomic mass is 9.83. The molecule has 1 aromatic heterocycles. The molecule has 0 bridgehead atoms. The molecule has 0 radical (unpaired) electrons. The molecule has 0 saturated heterocycles. The average molecular weight is 317 g/mol. The number of aromatic nitrogens is 2. The van der Waals surface area contributed by atoms with E-state index in [1.54, 1.807) is 0 Å². The second kappa shape index (κ2) is 7.70. The van der Waals surface area contributed by atoms with Crippen molar-refractivity contribution in [2.75, 3.05) is 11.8 Å². The van der Waals surface area contributed by atoms with E-state index in [0.717, 1.165) is 25.0 Å². The van der Waals surface area contributed by atoms with Crippen molar-refractivity contribution in [1.29, 1.82) is 0 Å². The second-order valence-electron chi connectivity index (χ2n) is 6.27. The van der Waals surface area contributed by atoms with Gasteiger partial charge < -0.3 is 0 Å². The van der Waals surface area contributed by atoms with Crippen LogP contribution in [0.4, 0.5) is 0 Å². The molecule has 0 aromatic carbocycles. The molecule has 4 heteroatoms. The zero-order chi connectivity index (χ0) is 14.4. The van der Waals surface area contributed by atoms with Crippen molar-refractivity contribution in [1.82, 2.24) is 9.78 Å². The smallest absolute Gasteiger partial charge is 0.0631 e. The Bertz CT molecular complexity index is 393. The Morgan fingerprint density at radius 3 is 2.55 bits per heavy atom. The normalized spacial score (nSPS) is 17.6. The van der Waals surface area contributed by atoms with Crippen LogP contribution in [0.2, 0.25) is 0 Å². The second-order valence-corrected chi connectivity index (χ2v) is 6.81. The third-order valence-corrected chi connectivity index (χ3v) is 5.65. The molecule has 1 aliphatic rings. The highest BCUT2D eigenvalue weighted by Crippen LogP contribution is 2.32. The summed E-state index contributed by atoms with van der Waals surface area (Å²) in [5.41, 5.74) is 1.15. The molecule has 0 aliphatic heterocycles. The Labute approximate surface area is 132 Å². The monoisotopic (exact) mass is 316 g/mol. The summed E-state index contributed by atoms with van der Waals surface area (Å²) in [7, 11) is 0. The minimum atomic E-state index is 0.00358. The fourth-order valence-corrected chi connectivity index (χ4v) is 4.03.